The molecule has 6 heavy (non-hydrogen) atoms. The summed E-state index contributed by atoms with van der Waals surface area (Å²) in [6.45, 7) is 0. The predicted octanol–water partition coefficient (Wildman–Crippen LogP) is 1.84. The first kappa shape index (κ1) is 6.37. The molecule has 0 bridgehead atoms. The van der Waals surface area contributed by atoms with Crippen LogP contribution in [0.2, 0.25) is 0 Å². The van der Waals surface area contributed by atoms with Gasteiger partial charge in [-0.25, -0.2) is 0 Å². The van der Waals surface area contributed by atoms with Gasteiger partial charge >= 0.3 is 0 Å². The normalized spacial score (nSPS) is 9.50. The maximum Gasteiger partial charge on any atom is 0.209 e. The summed E-state index contributed by atoms with van der Waals surface area (Å²) in [5.41, 5.74) is 0. The molecule has 0 saturated heterocycles. The summed E-state index contributed by atoms with van der Waals surface area (Å²) in [7, 11) is 0.0523. The quantitative estimate of drug-likeness (QED) is 0.206. The molecule has 0 rings (SSSR count). The molecule has 0 spiro atoms. The minimum Gasteiger partial charge on any atom is -0.256 e. The Hall–Kier alpha value is 0.370. The monoisotopic (exact) mass is 125 g/mol. The van der Waals surface area contributed by atoms with Gasteiger partial charge in [0.05, 0.1) is 0 Å². The SMILES string of the molecule is CSOOP=N. The Kier molecular flexibility index (Phi) is 5.70. The molecule has 0 aromatic rings. The van der Waals surface area contributed by atoms with E-state index in [0.29, 0.717) is 0 Å². The van der Waals surface area contributed by atoms with Crippen molar-refractivity contribution in [1.29, 1.82) is 5.16 Å². The van der Waals surface area contributed by atoms with Crippen molar-refractivity contribution in [2.75, 3.05) is 6.26 Å². The van der Waals surface area contributed by atoms with Crippen LogP contribution in [0, 0.1) is 5.16 Å². The average molecular weight is 125 g/mol. The van der Waals surface area contributed by atoms with Crippen molar-refractivity contribution in [2.45, 2.75) is 0 Å². The van der Waals surface area contributed by atoms with Gasteiger partial charge in [-0.15, -0.1) is 4.67 Å². The second-order valence-corrected chi connectivity index (χ2v) is 1.20. The third-order valence-corrected chi connectivity index (χ3v) is 0.590. The minimum atomic E-state index is 0.0523. The largest absolute Gasteiger partial charge is 0.256 e. The molecule has 0 unspecified atom stereocenters. The van der Waals surface area contributed by atoms with Crippen LogP contribution in [-0.4, -0.2) is 6.26 Å². The summed E-state index contributed by atoms with van der Waals surface area (Å²) < 4.78 is 8.28. The molecule has 5 heteroatoms. The van der Waals surface area contributed by atoms with E-state index in [2.05, 4.69) is 9.01 Å². The van der Waals surface area contributed by atoms with Crippen LogP contribution in [0.4, 0.5) is 0 Å². The topological polar surface area (TPSA) is 42.3 Å². The molecule has 0 heterocycles. The summed E-state index contributed by atoms with van der Waals surface area (Å²) in [5, 5.41) is 6.32. The van der Waals surface area contributed by atoms with Crippen LogP contribution in [0.5, 0.6) is 0 Å². The highest BCUT2D eigenvalue weighted by molar-refractivity contribution is 7.93. The average Bonchev–Trinajstić information content (AvgIpc) is 1.61. The molecule has 0 aromatic carbocycles. The zero-order chi connectivity index (χ0) is 4.83. The Labute approximate surface area is 41.9 Å². The maximum atomic E-state index is 6.32. The van der Waals surface area contributed by atoms with Gasteiger partial charge in [0.25, 0.3) is 0 Å². The van der Waals surface area contributed by atoms with Gasteiger partial charge in [-0.2, -0.15) is 4.33 Å². The fraction of sp³-hybridized carbons (Fsp3) is 1.00. The molecule has 0 fully saturated rings. The zero-order valence-electron chi connectivity index (χ0n) is 3.17. The molecular weight excluding hydrogens is 121 g/mol. The second-order valence-electron chi connectivity index (χ2n) is 0.401. The second kappa shape index (κ2) is 5.37. The standard InChI is InChI=1S/CH4NO2PS/c1-6-4-3-5-2/h2H,1H3. The lowest BCUT2D eigenvalue weighted by Gasteiger charge is -1.83. The first-order chi connectivity index (χ1) is 2.91. The van der Waals surface area contributed by atoms with Crippen molar-refractivity contribution in [3.63, 3.8) is 0 Å². The van der Waals surface area contributed by atoms with Crippen molar-refractivity contribution < 1.29 is 9.01 Å². The van der Waals surface area contributed by atoms with E-state index in [1.54, 1.807) is 6.26 Å². The van der Waals surface area contributed by atoms with E-state index < -0.39 is 0 Å². The molecule has 1 N–H and O–H groups in total. The van der Waals surface area contributed by atoms with Gasteiger partial charge in [0, 0.05) is 18.3 Å². The highest BCUT2D eigenvalue weighted by atomic mass is 32.2. The van der Waals surface area contributed by atoms with Crippen molar-refractivity contribution in [3.8, 4) is 0 Å². The zero-order valence-corrected chi connectivity index (χ0v) is 4.88. The van der Waals surface area contributed by atoms with E-state index in [1.807, 2.05) is 0 Å². The summed E-state index contributed by atoms with van der Waals surface area (Å²) in [5.74, 6) is 0. The molecule has 36 valence electrons. The third kappa shape index (κ3) is 4.37. The molecule has 0 aliphatic heterocycles. The molecular formula is CH4NO2PS. The maximum absolute atomic E-state index is 6.32. The fourth-order valence-corrected chi connectivity index (χ4v) is 0.411. The third-order valence-electron chi connectivity index (χ3n) is 0.136. The summed E-state index contributed by atoms with van der Waals surface area (Å²) in [6, 6.07) is 0. The first-order valence-corrected chi connectivity index (χ1v) is 3.11. The van der Waals surface area contributed by atoms with Gasteiger partial charge in [0.15, 0.2) is 0 Å². The van der Waals surface area contributed by atoms with Crippen LogP contribution in [0.3, 0.4) is 0 Å². The van der Waals surface area contributed by atoms with Crippen LogP contribution in [0.1, 0.15) is 0 Å². The Morgan fingerprint density at radius 1 is 1.83 bits per heavy atom. The molecule has 3 nitrogen and oxygen atoms in total. The van der Waals surface area contributed by atoms with E-state index in [4.69, 9.17) is 5.16 Å². The highest BCUT2D eigenvalue weighted by Gasteiger charge is 1.71. The van der Waals surface area contributed by atoms with Crippen LogP contribution in [-0.2, 0) is 9.01 Å². The molecule has 0 amide bonds. The number of hydrogen-bond acceptors (Lipinski definition) is 4. The van der Waals surface area contributed by atoms with Gasteiger partial charge in [-0.3, -0.25) is 5.16 Å². The Bertz CT molecular complexity index is 42.5. The lowest BCUT2D eigenvalue weighted by Crippen LogP contribution is -1.62. The summed E-state index contributed by atoms with van der Waals surface area (Å²) in [6.07, 6.45) is 1.71. The lowest BCUT2D eigenvalue weighted by atomic mass is 12.0. The number of rotatable bonds is 3. The van der Waals surface area contributed by atoms with E-state index in [0.717, 1.165) is 12.0 Å². The highest BCUT2D eigenvalue weighted by Crippen LogP contribution is 2.03. The van der Waals surface area contributed by atoms with Crippen LogP contribution < -0.4 is 0 Å². The number of hydrogen-bond donors (Lipinski definition) is 1. The van der Waals surface area contributed by atoms with Crippen molar-refractivity contribution in [3.05, 3.63) is 0 Å². The van der Waals surface area contributed by atoms with E-state index in [-0.39, 0.29) is 8.60 Å². The van der Waals surface area contributed by atoms with Crippen molar-refractivity contribution >= 4 is 20.6 Å². The summed E-state index contributed by atoms with van der Waals surface area (Å²) >= 11 is 1.08. The van der Waals surface area contributed by atoms with E-state index in [1.165, 1.54) is 0 Å². The van der Waals surface area contributed by atoms with Gasteiger partial charge < -0.3 is 0 Å². The lowest BCUT2D eigenvalue weighted by molar-refractivity contribution is -0.0579. The predicted molar refractivity (Wildman–Crippen MR) is 25.3 cm³/mol. The van der Waals surface area contributed by atoms with Crippen LogP contribution in [0.15, 0.2) is 0 Å². The van der Waals surface area contributed by atoms with Gasteiger partial charge in [0.1, 0.15) is 0 Å². The fourth-order valence-electron chi connectivity index (χ4n) is 0.0456. The molecule has 0 aliphatic carbocycles. The molecule has 0 aromatic heterocycles. The summed E-state index contributed by atoms with van der Waals surface area (Å²) in [4.78, 5) is 0. The Balaban J connectivity index is 2.49. The van der Waals surface area contributed by atoms with Gasteiger partial charge in [0.2, 0.25) is 8.60 Å². The van der Waals surface area contributed by atoms with E-state index >= 15 is 0 Å². The molecule has 0 aliphatic rings. The minimum absolute atomic E-state index is 0.0523. The molecule has 0 radical (unpaired) electrons. The Morgan fingerprint density at radius 3 is 2.67 bits per heavy atom. The van der Waals surface area contributed by atoms with Gasteiger partial charge in [-0.05, 0) is 0 Å². The van der Waals surface area contributed by atoms with E-state index in [9.17, 15) is 0 Å². The number of nitrogens with one attached hydrogen (secondary N) is 1. The van der Waals surface area contributed by atoms with Gasteiger partial charge in [-0.1, -0.05) is 0 Å². The van der Waals surface area contributed by atoms with Crippen LogP contribution in [0.25, 0.3) is 0 Å². The first-order valence-electron chi connectivity index (χ1n) is 1.15. The Morgan fingerprint density at radius 2 is 2.50 bits per heavy atom. The van der Waals surface area contributed by atoms with Crippen molar-refractivity contribution in [2.24, 2.45) is 0 Å². The van der Waals surface area contributed by atoms with Crippen LogP contribution >= 0.6 is 20.6 Å². The smallest absolute Gasteiger partial charge is 0.209 e. The molecule has 0 atom stereocenters. The molecule has 0 saturated carbocycles. The van der Waals surface area contributed by atoms with Crippen molar-refractivity contribution in [1.82, 2.24) is 0 Å².